The first kappa shape index (κ1) is 12.1. The molecule has 0 aromatic carbocycles. The molecule has 1 rings (SSSR count). The summed E-state index contributed by atoms with van der Waals surface area (Å²) >= 11 is 0. The average molecular weight is 222 g/mol. The zero-order valence-corrected chi connectivity index (χ0v) is 9.34. The summed E-state index contributed by atoms with van der Waals surface area (Å²) in [5, 5.41) is 10.2. The molecule has 1 amide bonds. The largest absolute Gasteiger partial charge is 0.351 e. The monoisotopic (exact) mass is 222 g/mol. The van der Waals surface area contributed by atoms with E-state index in [-0.39, 0.29) is 12.5 Å². The topological polar surface area (TPSA) is 95.7 Å². The number of nitrogens with one attached hydrogen (secondary N) is 1. The molecule has 0 saturated carbocycles. The molecule has 0 aliphatic carbocycles. The third-order valence-corrected chi connectivity index (χ3v) is 1.99. The highest BCUT2D eigenvalue weighted by molar-refractivity contribution is 5.92. The molecule has 0 spiro atoms. The van der Waals surface area contributed by atoms with Crippen LogP contribution >= 0.6 is 0 Å². The van der Waals surface area contributed by atoms with Crippen LogP contribution in [0.2, 0.25) is 0 Å². The fraction of sp³-hybridized carbons (Fsp3) is 0.556. The van der Waals surface area contributed by atoms with Gasteiger partial charge in [-0.1, -0.05) is 5.11 Å². The van der Waals surface area contributed by atoms with Crippen LogP contribution in [-0.2, 0) is 6.54 Å². The van der Waals surface area contributed by atoms with Gasteiger partial charge in [0.05, 0.1) is 5.69 Å². The highest BCUT2D eigenvalue weighted by atomic mass is 16.2. The van der Waals surface area contributed by atoms with Crippen LogP contribution in [0.4, 0.5) is 0 Å². The van der Waals surface area contributed by atoms with E-state index in [2.05, 4.69) is 20.4 Å². The molecule has 1 N–H and O–H groups in total. The second kappa shape index (κ2) is 5.77. The summed E-state index contributed by atoms with van der Waals surface area (Å²) in [5.41, 5.74) is 9.40. The van der Waals surface area contributed by atoms with Gasteiger partial charge in [-0.15, -0.1) is 0 Å². The molecule has 7 heteroatoms. The normalized spacial score (nSPS) is 9.62. The van der Waals surface area contributed by atoms with Gasteiger partial charge in [0.15, 0.2) is 0 Å². The van der Waals surface area contributed by atoms with E-state index in [9.17, 15) is 4.79 Å². The molecular weight excluding hydrogens is 208 g/mol. The summed E-state index contributed by atoms with van der Waals surface area (Å²) < 4.78 is 1.64. The number of nitrogens with zero attached hydrogens (tertiary/aromatic N) is 5. The Hall–Kier alpha value is -2.01. The molecule has 0 aliphatic heterocycles. The smallest absolute Gasteiger partial charge is 0.269 e. The van der Waals surface area contributed by atoms with Crippen molar-refractivity contribution in [1.82, 2.24) is 15.1 Å². The summed E-state index contributed by atoms with van der Waals surface area (Å²) in [7, 11) is 0. The lowest BCUT2D eigenvalue weighted by Gasteiger charge is -2.04. The van der Waals surface area contributed by atoms with E-state index in [1.165, 1.54) is 0 Å². The Labute approximate surface area is 93.1 Å². The first-order valence-electron chi connectivity index (χ1n) is 5.02. The minimum atomic E-state index is -0.199. The molecule has 1 aromatic rings. The number of hydrogen-bond donors (Lipinski definition) is 1. The average Bonchev–Trinajstić information content (AvgIpc) is 2.65. The molecule has 7 nitrogen and oxygen atoms in total. The number of carbonyl (C=O) groups excluding carboxylic acids is 1. The Bertz CT molecular complexity index is 418. The van der Waals surface area contributed by atoms with Gasteiger partial charge in [0.2, 0.25) is 0 Å². The maximum Gasteiger partial charge on any atom is 0.269 e. The molecule has 0 fully saturated rings. The maximum absolute atomic E-state index is 11.7. The Balaban J connectivity index is 2.61. The number of amides is 1. The van der Waals surface area contributed by atoms with Crippen LogP contribution in [0.25, 0.3) is 10.4 Å². The van der Waals surface area contributed by atoms with Gasteiger partial charge in [0, 0.05) is 24.5 Å². The lowest BCUT2D eigenvalue weighted by atomic mass is 10.3. The molecule has 0 aliphatic rings. The van der Waals surface area contributed by atoms with E-state index >= 15 is 0 Å². The highest BCUT2D eigenvalue weighted by Gasteiger charge is 2.11. The lowest BCUT2D eigenvalue weighted by Crippen LogP contribution is -2.28. The molecular formula is C9H14N6O. The van der Waals surface area contributed by atoms with E-state index < -0.39 is 0 Å². The van der Waals surface area contributed by atoms with Crippen molar-refractivity contribution >= 4 is 5.91 Å². The third-order valence-electron chi connectivity index (χ3n) is 1.99. The van der Waals surface area contributed by atoms with Gasteiger partial charge in [-0.3, -0.25) is 9.48 Å². The van der Waals surface area contributed by atoms with Crippen molar-refractivity contribution in [3.8, 4) is 0 Å². The number of aryl methyl sites for hydroxylation is 2. The first-order chi connectivity index (χ1) is 7.69. The quantitative estimate of drug-likeness (QED) is 0.351. The SMILES string of the molecule is CCn1nc(C)cc1C(=O)NCCN=[N+]=[N-]. The second-order valence-electron chi connectivity index (χ2n) is 3.20. The van der Waals surface area contributed by atoms with Crippen LogP contribution in [0.1, 0.15) is 23.1 Å². The predicted molar refractivity (Wildman–Crippen MR) is 59.0 cm³/mol. The van der Waals surface area contributed by atoms with Crippen LogP contribution in [0.5, 0.6) is 0 Å². The van der Waals surface area contributed by atoms with Crippen molar-refractivity contribution in [3.05, 3.63) is 27.9 Å². The number of aromatic nitrogens is 2. The summed E-state index contributed by atoms with van der Waals surface area (Å²) in [6.45, 7) is 4.98. The van der Waals surface area contributed by atoms with Gasteiger partial charge in [-0.2, -0.15) is 5.10 Å². The summed E-state index contributed by atoms with van der Waals surface area (Å²) in [6, 6.07) is 1.73. The molecule has 0 radical (unpaired) electrons. The van der Waals surface area contributed by atoms with Crippen molar-refractivity contribution in [2.75, 3.05) is 13.1 Å². The van der Waals surface area contributed by atoms with E-state index in [4.69, 9.17) is 5.53 Å². The number of azide groups is 1. The second-order valence-corrected chi connectivity index (χ2v) is 3.20. The van der Waals surface area contributed by atoms with E-state index in [0.29, 0.717) is 18.8 Å². The zero-order chi connectivity index (χ0) is 12.0. The molecule has 86 valence electrons. The van der Waals surface area contributed by atoms with Gasteiger partial charge < -0.3 is 5.32 Å². The number of hydrogen-bond acceptors (Lipinski definition) is 3. The van der Waals surface area contributed by atoms with Crippen LogP contribution in [0.15, 0.2) is 11.2 Å². The lowest BCUT2D eigenvalue weighted by molar-refractivity contribution is 0.0944. The molecule has 16 heavy (non-hydrogen) atoms. The number of carbonyl (C=O) groups is 1. The molecule has 0 atom stereocenters. The Morgan fingerprint density at radius 1 is 1.75 bits per heavy atom. The summed E-state index contributed by atoms with van der Waals surface area (Å²) in [4.78, 5) is 14.3. The maximum atomic E-state index is 11.7. The van der Waals surface area contributed by atoms with Crippen molar-refractivity contribution in [1.29, 1.82) is 0 Å². The first-order valence-corrected chi connectivity index (χ1v) is 5.02. The Morgan fingerprint density at radius 3 is 3.12 bits per heavy atom. The minimum absolute atomic E-state index is 0.199. The van der Waals surface area contributed by atoms with Crippen LogP contribution in [-0.4, -0.2) is 28.8 Å². The van der Waals surface area contributed by atoms with E-state index in [1.807, 2.05) is 13.8 Å². The molecule has 1 heterocycles. The molecule has 1 aromatic heterocycles. The highest BCUT2D eigenvalue weighted by Crippen LogP contribution is 2.03. The van der Waals surface area contributed by atoms with Gasteiger partial charge in [-0.05, 0) is 25.4 Å². The Kier molecular flexibility index (Phi) is 4.35. The summed E-state index contributed by atoms with van der Waals surface area (Å²) in [5.74, 6) is -0.199. The van der Waals surface area contributed by atoms with Crippen molar-refractivity contribution in [3.63, 3.8) is 0 Å². The Morgan fingerprint density at radius 2 is 2.50 bits per heavy atom. The van der Waals surface area contributed by atoms with Crippen LogP contribution in [0.3, 0.4) is 0 Å². The standard InChI is InChI=1S/C9H14N6O/c1-3-15-8(6-7(2)13-15)9(16)11-4-5-12-14-10/h6H,3-5H2,1-2H3,(H,11,16). The summed E-state index contributed by atoms with van der Waals surface area (Å²) in [6.07, 6.45) is 0. The molecule has 0 saturated heterocycles. The number of rotatable bonds is 5. The third kappa shape index (κ3) is 2.99. The van der Waals surface area contributed by atoms with Crippen molar-refractivity contribution in [2.45, 2.75) is 20.4 Å². The fourth-order valence-electron chi connectivity index (χ4n) is 1.32. The molecule has 0 bridgehead atoms. The molecule has 0 unspecified atom stereocenters. The van der Waals surface area contributed by atoms with Crippen LogP contribution in [0, 0.1) is 6.92 Å². The van der Waals surface area contributed by atoms with Gasteiger partial charge in [0.1, 0.15) is 5.69 Å². The fourth-order valence-corrected chi connectivity index (χ4v) is 1.32. The van der Waals surface area contributed by atoms with Crippen molar-refractivity contribution in [2.24, 2.45) is 5.11 Å². The van der Waals surface area contributed by atoms with E-state index in [1.54, 1.807) is 10.7 Å². The minimum Gasteiger partial charge on any atom is -0.351 e. The van der Waals surface area contributed by atoms with E-state index in [0.717, 1.165) is 5.69 Å². The van der Waals surface area contributed by atoms with Gasteiger partial charge >= 0.3 is 0 Å². The van der Waals surface area contributed by atoms with Crippen molar-refractivity contribution < 1.29 is 4.79 Å². The predicted octanol–water partition coefficient (Wildman–Crippen LogP) is 1.25. The van der Waals surface area contributed by atoms with Gasteiger partial charge in [-0.25, -0.2) is 0 Å². The van der Waals surface area contributed by atoms with Crippen LogP contribution < -0.4 is 5.32 Å². The van der Waals surface area contributed by atoms with Gasteiger partial charge in [0.25, 0.3) is 5.91 Å². The zero-order valence-electron chi connectivity index (χ0n) is 9.34.